The van der Waals surface area contributed by atoms with Crippen molar-refractivity contribution in [1.82, 2.24) is 4.98 Å². The Kier molecular flexibility index (Phi) is 3.63. The molecule has 0 saturated heterocycles. The van der Waals surface area contributed by atoms with E-state index in [0.717, 1.165) is 11.6 Å². The fourth-order valence-electron chi connectivity index (χ4n) is 2.63. The maximum absolute atomic E-state index is 8.72. The van der Waals surface area contributed by atoms with Crippen LogP contribution in [0.4, 0.5) is 5.69 Å². The molecule has 3 heteroatoms. The number of pyridine rings is 1. The lowest BCUT2D eigenvalue weighted by Gasteiger charge is -2.35. The summed E-state index contributed by atoms with van der Waals surface area (Å²) in [4.78, 5) is 6.44. The van der Waals surface area contributed by atoms with Gasteiger partial charge in [-0.3, -0.25) is 0 Å². The molecule has 3 nitrogen and oxygen atoms in total. The predicted molar refractivity (Wildman–Crippen MR) is 68.8 cm³/mol. The Bertz CT molecular complexity index is 404. The lowest BCUT2D eigenvalue weighted by Crippen LogP contribution is -2.35. The third-order valence-electron chi connectivity index (χ3n) is 3.73. The maximum Gasteiger partial charge on any atom is 0.140 e. The van der Waals surface area contributed by atoms with E-state index in [1.807, 2.05) is 6.07 Å². The Morgan fingerprint density at radius 1 is 1.41 bits per heavy atom. The molecule has 90 valence electrons. The number of nitriles is 1. The summed E-state index contributed by atoms with van der Waals surface area (Å²) in [5.41, 5.74) is 1.60. The molecule has 0 aliphatic heterocycles. The smallest absolute Gasteiger partial charge is 0.140 e. The quantitative estimate of drug-likeness (QED) is 0.782. The maximum atomic E-state index is 8.72. The van der Waals surface area contributed by atoms with Crippen LogP contribution in [0.1, 0.15) is 38.3 Å². The van der Waals surface area contributed by atoms with Crippen LogP contribution in [0.25, 0.3) is 0 Å². The average molecular weight is 229 g/mol. The first-order chi connectivity index (χ1) is 8.20. The van der Waals surface area contributed by atoms with Crippen molar-refractivity contribution in [3.8, 4) is 6.07 Å². The number of aromatic nitrogens is 1. The summed E-state index contributed by atoms with van der Waals surface area (Å²) in [5, 5.41) is 8.72. The van der Waals surface area contributed by atoms with Gasteiger partial charge in [0.2, 0.25) is 0 Å². The van der Waals surface area contributed by atoms with Crippen molar-refractivity contribution in [3.63, 3.8) is 0 Å². The van der Waals surface area contributed by atoms with Crippen LogP contribution in [-0.2, 0) is 0 Å². The van der Waals surface area contributed by atoms with Gasteiger partial charge in [-0.2, -0.15) is 5.26 Å². The number of hydrogen-bond donors (Lipinski definition) is 0. The molecule has 1 fully saturated rings. The van der Waals surface area contributed by atoms with E-state index in [1.165, 1.54) is 25.7 Å². The van der Waals surface area contributed by atoms with Crippen LogP contribution in [-0.4, -0.2) is 18.1 Å². The van der Waals surface area contributed by atoms with Gasteiger partial charge in [-0.05, 0) is 30.9 Å². The number of hydrogen-bond acceptors (Lipinski definition) is 3. The van der Waals surface area contributed by atoms with E-state index in [0.29, 0.717) is 11.7 Å². The molecule has 2 rings (SSSR count). The van der Waals surface area contributed by atoms with E-state index in [-0.39, 0.29) is 0 Å². The Morgan fingerprint density at radius 2 is 2.24 bits per heavy atom. The van der Waals surface area contributed by atoms with Crippen LogP contribution >= 0.6 is 0 Å². The summed E-state index contributed by atoms with van der Waals surface area (Å²) in [6.45, 7) is 2.33. The second-order valence-electron chi connectivity index (χ2n) is 5.05. The fourth-order valence-corrected chi connectivity index (χ4v) is 2.63. The number of rotatable bonds is 2. The minimum atomic E-state index is 0.485. The van der Waals surface area contributed by atoms with Gasteiger partial charge in [0, 0.05) is 13.1 Å². The SMILES string of the molecule is CC1CCCC(N(C)c2ccc(C#N)nc2)C1. The van der Waals surface area contributed by atoms with Gasteiger partial charge in [-0.1, -0.05) is 19.8 Å². The minimum Gasteiger partial charge on any atom is -0.370 e. The normalized spacial score (nSPS) is 24.1. The van der Waals surface area contributed by atoms with Gasteiger partial charge < -0.3 is 4.90 Å². The molecule has 0 N–H and O–H groups in total. The van der Waals surface area contributed by atoms with Gasteiger partial charge in [0.1, 0.15) is 11.8 Å². The molecule has 1 aliphatic rings. The van der Waals surface area contributed by atoms with Crippen molar-refractivity contribution in [2.45, 2.75) is 38.6 Å². The summed E-state index contributed by atoms with van der Waals surface area (Å²) in [6.07, 6.45) is 7.00. The van der Waals surface area contributed by atoms with E-state index in [9.17, 15) is 0 Å². The van der Waals surface area contributed by atoms with Crippen LogP contribution in [0, 0.1) is 17.2 Å². The van der Waals surface area contributed by atoms with Crippen LogP contribution < -0.4 is 4.90 Å². The predicted octanol–water partition coefficient (Wildman–Crippen LogP) is 2.97. The summed E-state index contributed by atoms with van der Waals surface area (Å²) in [5.74, 6) is 0.822. The topological polar surface area (TPSA) is 39.9 Å². The van der Waals surface area contributed by atoms with Gasteiger partial charge in [0.25, 0.3) is 0 Å². The molecule has 1 aliphatic carbocycles. The van der Waals surface area contributed by atoms with Crippen molar-refractivity contribution in [3.05, 3.63) is 24.0 Å². The third kappa shape index (κ3) is 2.76. The van der Waals surface area contributed by atoms with Crippen molar-refractivity contribution >= 4 is 5.69 Å². The minimum absolute atomic E-state index is 0.485. The zero-order valence-corrected chi connectivity index (χ0v) is 10.6. The molecule has 0 amide bonds. The summed E-state index contributed by atoms with van der Waals surface area (Å²) < 4.78 is 0. The molecular weight excluding hydrogens is 210 g/mol. The molecule has 1 aromatic rings. The van der Waals surface area contributed by atoms with Gasteiger partial charge in [0.05, 0.1) is 11.9 Å². The second kappa shape index (κ2) is 5.18. The van der Waals surface area contributed by atoms with Crippen molar-refractivity contribution < 1.29 is 0 Å². The highest BCUT2D eigenvalue weighted by Gasteiger charge is 2.22. The molecule has 0 radical (unpaired) electrons. The van der Waals surface area contributed by atoms with Crippen LogP contribution in [0.2, 0.25) is 0 Å². The molecule has 2 unspecified atom stereocenters. The zero-order chi connectivity index (χ0) is 12.3. The fraction of sp³-hybridized carbons (Fsp3) is 0.571. The van der Waals surface area contributed by atoms with Crippen LogP contribution in [0.15, 0.2) is 18.3 Å². The molecule has 0 aromatic carbocycles. The van der Waals surface area contributed by atoms with Gasteiger partial charge >= 0.3 is 0 Å². The standard InChI is InChI=1S/C14H19N3/c1-11-4-3-5-13(8-11)17(2)14-7-6-12(9-15)16-10-14/h6-7,10-11,13H,3-5,8H2,1-2H3. The molecule has 1 heterocycles. The summed E-state index contributed by atoms with van der Waals surface area (Å²) in [7, 11) is 2.13. The van der Waals surface area contributed by atoms with Crippen molar-refractivity contribution in [2.75, 3.05) is 11.9 Å². The average Bonchev–Trinajstić information content (AvgIpc) is 2.38. The molecule has 0 spiro atoms. The molecule has 2 atom stereocenters. The Hall–Kier alpha value is -1.56. The molecule has 1 saturated carbocycles. The lowest BCUT2D eigenvalue weighted by molar-refractivity contribution is 0.336. The van der Waals surface area contributed by atoms with E-state index >= 15 is 0 Å². The third-order valence-corrected chi connectivity index (χ3v) is 3.73. The van der Waals surface area contributed by atoms with Gasteiger partial charge in [-0.25, -0.2) is 4.98 Å². The van der Waals surface area contributed by atoms with Crippen LogP contribution in [0.3, 0.4) is 0 Å². The number of anilines is 1. The van der Waals surface area contributed by atoms with E-state index in [2.05, 4.69) is 29.9 Å². The number of nitrogens with zero attached hydrogens (tertiary/aromatic N) is 3. The monoisotopic (exact) mass is 229 g/mol. The molecular formula is C14H19N3. The second-order valence-corrected chi connectivity index (χ2v) is 5.05. The summed E-state index contributed by atoms with van der Waals surface area (Å²) in [6, 6.07) is 6.45. The van der Waals surface area contributed by atoms with Crippen molar-refractivity contribution in [2.24, 2.45) is 5.92 Å². The van der Waals surface area contributed by atoms with E-state index in [1.54, 1.807) is 12.3 Å². The van der Waals surface area contributed by atoms with E-state index in [4.69, 9.17) is 5.26 Å². The van der Waals surface area contributed by atoms with Crippen LogP contribution in [0.5, 0.6) is 0 Å². The largest absolute Gasteiger partial charge is 0.370 e. The molecule has 0 bridgehead atoms. The van der Waals surface area contributed by atoms with Crippen molar-refractivity contribution in [1.29, 1.82) is 5.26 Å². The molecule has 1 aromatic heterocycles. The first-order valence-corrected chi connectivity index (χ1v) is 6.29. The zero-order valence-electron chi connectivity index (χ0n) is 10.6. The Balaban J connectivity index is 2.07. The summed E-state index contributed by atoms with van der Waals surface area (Å²) >= 11 is 0. The molecule has 17 heavy (non-hydrogen) atoms. The highest BCUT2D eigenvalue weighted by atomic mass is 15.1. The first kappa shape index (κ1) is 11.9. The Morgan fingerprint density at radius 3 is 2.82 bits per heavy atom. The van der Waals surface area contributed by atoms with Gasteiger partial charge in [0.15, 0.2) is 0 Å². The highest BCUT2D eigenvalue weighted by molar-refractivity contribution is 5.46. The lowest BCUT2D eigenvalue weighted by atomic mass is 9.86. The van der Waals surface area contributed by atoms with E-state index < -0.39 is 0 Å². The van der Waals surface area contributed by atoms with Gasteiger partial charge in [-0.15, -0.1) is 0 Å². The highest BCUT2D eigenvalue weighted by Crippen LogP contribution is 2.29. The first-order valence-electron chi connectivity index (χ1n) is 6.29. The Labute approximate surface area is 103 Å².